The van der Waals surface area contributed by atoms with Crippen molar-refractivity contribution >= 4 is 12.1 Å². The van der Waals surface area contributed by atoms with E-state index in [1.54, 1.807) is 24.3 Å². The largest absolute Gasteiger partial charge is 0.486 e. The van der Waals surface area contributed by atoms with Gasteiger partial charge >= 0.3 is 5.91 Å². The number of fused-ring (bicyclic) bond motifs is 1. The number of hydrazone groups is 1. The van der Waals surface area contributed by atoms with Gasteiger partial charge in [0.15, 0.2) is 17.3 Å². The van der Waals surface area contributed by atoms with Crippen molar-refractivity contribution in [1.29, 1.82) is 0 Å². The van der Waals surface area contributed by atoms with Gasteiger partial charge in [0, 0.05) is 0 Å². The summed E-state index contributed by atoms with van der Waals surface area (Å²) in [7, 11) is 0. The van der Waals surface area contributed by atoms with Crippen molar-refractivity contribution in [3.05, 3.63) is 77.2 Å². The van der Waals surface area contributed by atoms with Gasteiger partial charge in [0.2, 0.25) is 6.79 Å². The molecule has 7 nitrogen and oxygen atoms in total. The third-order valence-corrected chi connectivity index (χ3v) is 4.59. The van der Waals surface area contributed by atoms with E-state index in [1.165, 1.54) is 11.8 Å². The first-order valence-electron chi connectivity index (χ1n) is 9.63. The van der Waals surface area contributed by atoms with E-state index in [2.05, 4.69) is 24.4 Å². The van der Waals surface area contributed by atoms with Gasteiger partial charge in [0.1, 0.15) is 18.1 Å². The summed E-state index contributed by atoms with van der Waals surface area (Å²) < 4.78 is 21.8. The number of nitrogens with zero attached hydrogens (tertiary/aromatic N) is 1. The zero-order chi connectivity index (χ0) is 20.9. The molecule has 30 heavy (non-hydrogen) atoms. The van der Waals surface area contributed by atoms with Crippen molar-refractivity contribution in [2.45, 2.75) is 26.4 Å². The van der Waals surface area contributed by atoms with Crippen LogP contribution in [0.1, 0.15) is 47.2 Å². The van der Waals surface area contributed by atoms with E-state index in [0.717, 1.165) is 11.3 Å². The van der Waals surface area contributed by atoms with Gasteiger partial charge in [-0.05, 0) is 59.5 Å². The Hall–Kier alpha value is -3.74. The monoisotopic (exact) mass is 406 g/mol. The van der Waals surface area contributed by atoms with Gasteiger partial charge in [-0.1, -0.05) is 26.0 Å². The van der Waals surface area contributed by atoms with Crippen LogP contribution in [-0.2, 0) is 6.61 Å². The number of carbonyl (C=O) groups is 1. The molecule has 154 valence electrons. The van der Waals surface area contributed by atoms with Crippen LogP contribution in [0.4, 0.5) is 0 Å². The lowest BCUT2D eigenvalue weighted by atomic mass is 10.0. The second-order valence-electron chi connectivity index (χ2n) is 7.09. The molecule has 4 rings (SSSR count). The highest BCUT2D eigenvalue weighted by atomic mass is 16.7. The van der Waals surface area contributed by atoms with Gasteiger partial charge in [-0.2, -0.15) is 5.10 Å². The van der Waals surface area contributed by atoms with E-state index in [9.17, 15) is 4.79 Å². The predicted octanol–water partition coefficient (Wildman–Crippen LogP) is 4.47. The molecule has 0 spiro atoms. The zero-order valence-electron chi connectivity index (χ0n) is 16.8. The average Bonchev–Trinajstić information content (AvgIpc) is 3.41. The maximum atomic E-state index is 12.2. The molecule has 3 aromatic rings. The van der Waals surface area contributed by atoms with Crippen LogP contribution < -0.4 is 19.6 Å². The van der Waals surface area contributed by atoms with Gasteiger partial charge in [-0.3, -0.25) is 4.79 Å². The lowest BCUT2D eigenvalue weighted by Gasteiger charge is -2.07. The fraction of sp³-hybridized carbons (Fsp3) is 0.217. The molecule has 0 saturated carbocycles. The Morgan fingerprint density at radius 2 is 1.90 bits per heavy atom. The topological polar surface area (TPSA) is 82.3 Å². The number of carbonyl (C=O) groups excluding carboxylic acids is 1. The number of amides is 1. The minimum Gasteiger partial charge on any atom is -0.486 e. The van der Waals surface area contributed by atoms with Gasteiger partial charge in [0.05, 0.1) is 6.21 Å². The summed E-state index contributed by atoms with van der Waals surface area (Å²) >= 11 is 0. The third-order valence-electron chi connectivity index (χ3n) is 4.59. The minimum atomic E-state index is -0.445. The maximum absolute atomic E-state index is 12.2. The van der Waals surface area contributed by atoms with Crippen LogP contribution in [0.25, 0.3) is 0 Å². The summed E-state index contributed by atoms with van der Waals surface area (Å²) in [5.74, 6) is 2.82. The molecule has 0 atom stereocenters. The van der Waals surface area contributed by atoms with Gasteiger partial charge < -0.3 is 18.6 Å². The van der Waals surface area contributed by atoms with Crippen molar-refractivity contribution in [3.63, 3.8) is 0 Å². The van der Waals surface area contributed by atoms with Crippen LogP contribution in [-0.4, -0.2) is 18.9 Å². The Morgan fingerprint density at radius 3 is 2.70 bits per heavy atom. The number of rotatable bonds is 7. The molecule has 0 bridgehead atoms. The second-order valence-corrected chi connectivity index (χ2v) is 7.09. The number of nitrogens with one attached hydrogen (secondary N) is 1. The van der Waals surface area contributed by atoms with Crippen LogP contribution in [0.15, 0.2) is 64.1 Å². The van der Waals surface area contributed by atoms with Crippen molar-refractivity contribution < 1.29 is 23.4 Å². The Bertz CT molecular complexity index is 1050. The van der Waals surface area contributed by atoms with E-state index >= 15 is 0 Å². The molecule has 0 aliphatic carbocycles. The van der Waals surface area contributed by atoms with Gasteiger partial charge in [-0.15, -0.1) is 0 Å². The first kappa shape index (κ1) is 19.6. The fourth-order valence-electron chi connectivity index (χ4n) is 2.89. The first-order chi connectivity index (χ1) is 14.6. The quantitative estimate of drug-likeness (QED) is 0.462. The van der Waals surface area contributed by atoms with Crippen molar-refractivity contribution in [2.75, 3.05) is 6.79 Å². The van der Waals surface area contributed by atoms with Crippen molar-refractivity contribution in [2.24, 2.45) is 5.10 Å². The summed E-state index contributed by atoms with van der Waals surface area (Å²) in [4.78, 5) is 12.2. The minimum absolute atomic E-state index is 0.159. The van der Waals surface area contributed by atoms with E-state index in [4.69, 9.17) is 18.6 Å². The molecule has 0 saturated heterocycles. The van der Waals surface area contributed by atoms with Crippen LogP contribution in [0.3, 0.4) is 0 Å². The molecule has 1 N–H and O–H groups in total. The number of benzene rings is 2. The molecule has 0 fully saturated rings. The normalized spacial score (nSPS) is 12.5. The lowest BCUT2D eigenvalue weighted by Crippen LogP contribution is -2.16. The van der Waals surface area contributed by atoms with Crippen LogP contribution >= 0.6 is 0 Å². The summed E-state index contributed by atoms with van der Waals surface area (Å²) in [6.07, 6.45) is 1.52. The Balaban J connectivity index is 1.29. The first-order valence-corrected chi connectivity index (χ1v) is 9.63. The highest BCUT2D eigenvalue weighted by molar-refractivity contribution is 5.92. The SMILES string of the molecule is CC(C)c1ccc(OCc2ccc(C(=O)N/N=C/c3ccc4c(c3)OCO4)o2)cc1. The third kappa shape index (κ3) is 4.63. The van der Waals surface area contributed by atoms with E-state index in [0.29, 0.717) is 23.2 Å². The van der Waals surface area contributed by atoms with E-state index in [-0.39, 0.29) is 19.2 Å². The van der Waals surface area contributed by atoms with E-state index in [1.807, 2.05) is 30.3 Å². The summed E-state index contributed by atoms with van der Waals surface area (Å²) in [6, 6.07) is 16.6. The van der Waals surface area contributed by atoms with Crippen LogP contribution in [0.5, 0.6) is 17.2 Å². The second kappa shape index (κ2) is 8.73. The van der Waals surface area contributed by atoms with Crippen LogP contribution in [0, 0.1) is 0 Å². The molecule has 2 heterocycles. The average molecular weight is 406 g/mol. The molecular formula is C23H22N2O5. The summed E-state index contributed by atoms with van der Waals surface area (Å²) in [6.45, 7) is 4.73. The number of hydrogen-bond acceptors (Lipinski definition) is 6. The molecule has 1 aromatic heterocycles. The standard InChI is InChI=1S/C23H22N2O5/c1-15(2)17-4-6-18(7-5-17)27-13-19-8-10-21(30-19)23(26)25-24-12-16-3-9-20-22(11-16)29-14-28-20/h3-12,15H,13-14H2,1-2H3,(H,25,26)/b24-12+. The molecule has 1 aliphatic heterocycles. The van der Waals surface area contributed by atoms with Crippen LogP contribution in [0.2, 0.25) is 0 Å². The molecule has 2 aromatic carbocycles. The van der Waals surface area contributed by atoms with Gasteiger partial charge in [-0.25, -0.2) is 5.43 Å². The van der Waals surface area contributed by atoms with Gasteiger partial charge in [0.25, 0.3) is 0 Å². The highest BCUT2D eigenvalue weighted by Crippen LogP contribution is 2.32. The molecule has 7 heteroatoms. The number of furan rings is 1. The molecule has 1 aliphatic rings. The molecular weight excluding hydrogens is 384 g/mol. The number of ether oxygens (including phenoxy) is 3. The molecule has 0 radical (unpaired) electrons. The summed E-state index contributed by atoms with van der Waals surface area (Å²) in [5, 5.41) is 3.96. The maximum Gasteiger partial charge on any atom is 0.307 e. The van der Waals surface area contributed by atoms with Crippen molar-refractivity contribution in [1.82, 2.24) is 5.43 Å². The molecule has 1 amide bonds. The predicted molar refractivity (Wildman–Crippen MR) is 111 cm³/mol. The lowest BCUT2D eigenvalue weighted by molar-refractivity contribution is 0.0923. The highest BCUT2D eigenvalue weighted by Gasteiger charge is 2.13. The summed E-state index contributed by atoms with van der Waals surface area (Å²) in [5.41, 5.74) is 4.47. The number of hydrogen-bond donors (Lipinski definition) is 1. The molecule has 0 unspecified atom stereocenters. The zero-order valence-corrected chi connectivity index (χ0v) is 16.8. The Labute approximate surface area is 174 Å². The fourth-order valence-corrected chi connectivity index (χ4v) is 2.89. The Kier molecular flexibility index (Phi) is 5.70. The Morgan fingerprint density at radius 1 is 1.10 bits per heavy atom. The van der Waals surface area contributed by atoms with E-state index < -0.39 is 5.91 Å². The van der Waals surface area contributed by atoms with Crippen molar-refractivity contribution in [3.8, 4) is 17.2 Å². The smallest absolute Gasteiger partial charge is 0.307 e.